The van der Waals surface area contributed by atoms with Crippen LogP contribution >= 0.6 is 11.3 Å². The number of anilines is 1. The van der Waals surface area contributed by atoms with Crippen LogP contribution in [0.25, 0.3) is 0 Å². The van der Waals surface area contributed by atoms with Crippen molar-refractivity contribution in [2.75, 3.05) is 25.0 Å². The molecule has 2 aliphatic heterocycles. The van der Waals surface area contributed by atoms with Crippen molar-refractivity contribution in [3.05, 3.63) is 40.3 Å². The van der Waals surface area contributed by atoms with E-state index in [9.17, 15) is 18.0 Å². The van der Waals surface area contributed by atoms with Crippen molar-refractivity contribution < 1.29 is 32.6 Å². The maximum Gasteiger partial charge on any atom is 0.490 e. The number of thiophene rings is 1. The Morgan fingerprint density at radius 3 is 2.45 bits per heavy atom. The molecule has 2 aromatic heterocycles. The molecule has 4 heterocycles. The second-order valence-corrected chi connectivity index (χ2v) is 8.88. The highest BCUT2D eigenvalue weighted by Crippen LogP contribution is 2.36. The number of amides is 1. The van der Waals surface area contributed by atoms with Crippen molar-refractivity contribution >= 4 is 29.2 Å². The first kappa shape index (κ1) is 24.9. The van der Waals surface area contributed by atoms with Crippen LogP contribution in [0.1, 0.15) is 40.9 Å². The summed E-state index contributed by atoms with van der Waals surface area (Å²) in [6.07, 6.45) is 2.08. The quantitative estimate of drug-likeness (QED) is 0.681. The lowest BCUT2D eigenvalue weighted by molar-refractivity contribution is -0.192. The Bertz CT molecular complexity index is 946. The Labute approximate surface area is 192 Å². The van der Waals surface area contributed by atoms with E-state index < -0.39 is 12.1 Å². The minimum Gasteiger partial charge on any atom is -0.475 e. The zero-order valence-corrected chi connectivity index (χ0v) is 18.8. The van der Waals surface area contributed by atoms with Gasteiger partial charge in [-0.3, -0.25) is 4.79 Å². The van der Waals surface area contributed by atoms with Crippen molar-refractivity contribution in [3.63, 3.8) is 0 Å². The molecule has 0 saturated carbocycles. The highest BCUT2D eigenvalue weighted by Gasteiger charge is 2.41. The zero-order chi connectivity index (χ0) is 24.1. The lowest BCUT2D eigenvalue weighted by Gasteiger charge is -2.46. The van der Waals surface area contributed by atoms with E-state index in [1.807, 2.05) is 29.3 Å². The van der Waals surface area contributed by atoms with Crippen LogP contribution in [-0.4, -0.2) is 69.4 Å². The number of nitrogens with zero attached hydrogens (tertiary/aromatic N) is 3. The number of carboxylic acids is 1. The molecule has 2 N–H and O–H groups in total. The van der Waals surface area contributed by atoms with Gasteiger partial charge in [-0.2, -0.15) is 13.2 Å². The summed E-state index contributed by atoms with van der Waals surface area (Å²) in [5.74, 6) is -1.92. The third-order valence-electron chi connectivity index (χ3n) is 5.65. The van der Waals surface area contributed by atoms with Gasteiger partial charge in [-0.25, -0.2) is 14.8 Å². The average Bonchev–Trinajstić information content (AvgIpc) is 3.20. The molecule has 1 amide bonds. The second-order valence-electron chi connectivity index (χ2n) is 7.97. The van der Waals surface area contributed by atoms with Crippen molar-refractivity contribution in [1.82, 2.24) is 14.9 Å². The minimum atomic E-state index is -5.08. The fraction of sp³-hybridized carbons (Fsp3) is 0.524. The molecule has 0 aliphatic carbocycles. The van der Waals surface area contributed by atoms with E-state index in [-0.39, 0.29) is 11.5 Å². The summed E-state index contributed by atoms with van der Waals surface area (Å²) in [4.78, 5) is 33.0. The smallest absolute Gasteiger partial charge is 0.475 e. The first-order valence-electron chi connectivity index (χ1n) is 10.4. The molecule has 0 bridgehead atoms. The van der Waals surface area contributed by atoms with E-state index in [2.05, 4.69) is 15.3 Å². The molecule has 1 atom stereocenters. The van der Waals surface area contributed by atoms with Gasteiger partial charge in [0.15, 0.2) is 0 Å². The maximum atomic E-state index is 12.7. The number of piperidine rings is 1. The molecule has 2 fully saturated rings. The Balaban J connectivity index is 0.000000383. The van der Waals surface area contributed by atoms with E-state index in [0.29, 0.717) is 12.0 Å². The lowest BCUT2D eigenvalue weighted by Crippen LogP contribution is -2.52. The summed E-state index contributed by atoms with van der Waals surface area (Å²) in [5.41, 5.74) is 0.938. The van der Waals surface area contributed by atoms with Gasteiger partial charge in [0.05, 0.1) is 10.5 Å². The number of hydrogen-bond donors (Lipinski definition) is 2. The van der Waals surface area contributed by atoms with Gasteiger partial charge < -0.3 is 20.1 Å². The van der Waals surface area contributed by atoms with Gasteiger partial charge in [0, 0.05) is 38.1 Å². The van der Waals surface area contributed by atoms with Crippen molar-refractivity contribution in [1.29, 1.82) is 0 Å². The van der Waals surface area contributed by atoms with Crippen LogP contribution in [0.3, 0.4) is 0 Å². The van der Waals surface area contributed by atoms with Gasteiger partial charge >= 0.3 is 12.1 Å². The van der Waals surface area contributed by atoms with Gasteiger partial charge in [0.25, 0.3) is 5.91 Å². The summed E-state index contributed by atoms with van der Waals surface area (Å²) >= 11 is 1.53. The highest BCUT2D eigenvalue weighted by atomic mass is 32.1. The van der Waals surface area contributed by atoms with Gasteiger partial charge in [-0.15, -0.1) is 11.3 Å². The largest absolute Gasteiger partial charge is 0.490 e. The van der Waals surface area contributed by atoms with Crippen molar-refractivity contribution in [2.45, 2.75) is 50.4 Å². The molecule has 33 heavy (non-hydrogen) atoms. The Kier molecular flexibility index (Phi) is 7.90. The molecule has 2 aromatic rings. The number of aliphatic carboxylic acids is 1. The average molecular weight is 487 g/mol. The van der Waals surface area contributed by atoms with Crippen LogP contribution in [0.5, 0.6) is 0 Å². The zero-order valence-electron chi connectivity index (χ0n) is 18.0. The van der Waals surface area contributed by atoms with Crippen LogP contribution in [-0.2, 0) is 9.53 Å². The van der Waals surface area contributed by atoms with E-state index in [0.717, 1.165) is 55.8 Å². The molecule has 0 aromatic carbocycles. The van der Waals surface area contributed by atoms with Gasteiger partial charge in [-0.1, -0.05) is 0 Å². The molecule has 1 unspecified atom stereocenters. The fourth-order valence-electron chi connectivity index (χ4n) is 3.91. The normalized spacial score (nSPS) is 20.0. The molecule has 2 saturated heterocycles. The van der Waals surface area contributed by atoms with Crippen molar-refractivity contribution in [2.24, 2.45) is 0 Å². The number of aryl methyl sites for hydroxylation is 1. The highest BCUT2D eigenvalue weighted by molar-refractivity contribution is 7.12. The van der Waals surface area contributed by atoms with Crippen molar-refractivity contribution in [3.8, 4) is 0 Å². The number of hydrogen-bond acceptors (Lipinski definition) is 7. The van der Waals surface area contributed by atoms with Crippen LogP contribution in [0.15, 0.2) is 29.9 Å². The number of aromatic nitrogens is 2. The number of carbonyl (C=O) groups is 2. The first-order valence-corrected chi connectivity index (χ1v) is 11.3. The lowest BCUT2D eigenvalue weighted by atomic mass is 9.82. The molecule has 8 nitrogen and oxygen atoms in total. The third-order valence-corrected chi connectivity index (χ3v) is 6.66. The van der Waals surface area contributed by atoms with Gasteiger partial charge in [0.2, 0.25) is 5.95 Å². The molecule has 180 valence electrons. The van der Waals surface area contributed by atoms with Crippen LogP contribution < -0.4 is 5.32 Å². The Morgan fingerprint density at radius 1 is 1.27 bits per heavy atom. The molecule has 0 radical (unpaired) electrons. The standard InChI is InChI=1S/C19H24N4O2S.C2HF3O2/c1-14-4-12-26-16(14)17(24)23-9-5-19(6-10-23)13-15(3-11-25-19)22-18-20-7-2-8-21-18;3-2(4,5)1(6)7/h2,4,7-8,12,15H,3,5-6,9-11,13H2,1H3,(H,20,21,22);(H,6,7). The van der Waals surface area contributed by atoms with Crippen LogP contribution in [0.2, 0.25) is 0 Å². The molecular formula is C21H25F3N4O4S. The number of alkyl halides is 3. The number of carbonyl (C=O) groups excluding carboxylic acids is 1. The van der Waals surface area contributed by atoms with E-state index in [4.69, 9.17) is 14.6 Å². The summed E-state index contributed by atoms with van der Waals surface area (Å²) < 4.78 is 37.9. The summed E-state index contributed by atoms with van der Waals surface area (Å²) in [6, 6.07) is 4.14. The first-order chi connectivity index (χ1) is 15.6. The number of rotatable bonds is 3. The monoisotopic (exact) mass is 486 g/mol. The van der Waals surface area contributed by atoms with Gasteiger partial charge in [0.1, 0.15) is 0 Å². The number of likely N-dealkylation sites (tertiary alicyclic amines) is 1. The molecule has 1 spiro atoms. The number of carboxylic acid groups (broad SMARTS) is 1. The SMILES string of the molecule is Cc1ccsc1C(=O)N1CCC2(CC1)CC(Nc1ncccn1)CCO2.O=C(O)C(F)(F)F. The molecule has 2 aliphatic rings. The predicted octanol–water partition coefficient (Wildman–Crippen LogP) is 3.75. The Morgan fingerprint density at radius 2 is 1.91 bits per heavy atom. The maximum absolute atomic E-state index is 12.7. The van der Waals surface area contributed by atoms with E-state index in [1.54, 1.807) is 12.4 Å². The van der Waals surface area contributed by atoms with Crippen LogP contribution in [0.4, 0.5) is 19.1 Å². The topological polar surface area (TPSA) is 105 Å². The third kappa shape index (κ3) is 6.64. The summed E-state index contributed by atoms with van der Waals surface area (Å²) in [6.45, 7) is 4.25. The van der Waals surface area contributed by atoms with E-state index in [1.165, 1.54) is 11.3 Å². The molecule has 4 rings (SSSR count). The van der Waals surface area contributed by atoms with E-state index >= 15 is 0 Å². The minimum absolute atomic E-state index is 0.133. The Hall–Kier alpha value is -2.73. The van der Waals surface area contributed by atoms with Crippen LogP contribution in [0, 0.1) is 6.92 Å². The second kappa shape index (κ2) is 10.5. The predicted molar refractivity (Wildman–Crippen MR) is 115 cm³/mol. The molecular weight excluding hydrogens is 461 g/mol. The number of nitrogens with one attached hydrogen (secondary N) is 1. The number of ether oxygens (including phenoxy) is 1. The fourth-order valence-corrected chi connectivity index (χ4v) is 4.80. The number of halogens is 3. The molecule has 12 heteroatoms. The summed E-state index contributed by atoms with van der Waals surface area (Å²) in [5, 5.41) is 12.5. The summed E-state index contributed by atoms with van der Waals surface area (Å²) in [7, 11) is 0. The van der Waals surface area contributed by atoms with Gasteiger partial charge in [-0.05, 0) is 55.7 Å².